The Morgan fingerprint density at radius 3 is 2.63 bits per heavy atom. The van der Waals surface area contributed by atoms with E-state index in [0.717, 1.165) is 11.6 Å². The number of allylic oxidation sites excluding steroid dienone is 4. The van der Waals surface area contributed by atoms with Crippen LogP contribution in [-0.2, 0) is 41.2 Å². The minimum Gasteiger partial charge on any atom is -0.469 e. The van der Waals surface area contributed by atoms with E-state index in [0.29, 0.717) is 29.0 Å². The molecule has 10 atom stereocenters. The highest BCUT2D eigenvalue weighted by molar-refractivity contribution is 7.46. The summed E-state index contributed by atoms with van der Waals surface area (Å²) in [6, 6.07) is 6.87. The number of ketones is 2. The lowest BCUT2D eigenvalue weighted by Gasteiger charge is -2.63. The summed E-state index contributed by atoms with van der Waals surface area (Å²) in [5.74, 6) is -2.80. The molecule has 12 nitrogen and oxygen atoms in total. The van der Waals surface area contributed by atoms with Crippen molar-refractivity contribution in [3.8, 4) is 0 Å². The number of phosphoric acid groups is 1. The molecule has 49 heavy (non-hydrogen) atoms. The Morgan fingerprint density at radius 1 is 1.18 bits per heavy atom. The molecule has 0 bridgehead atoms. The summed E-state index contributed by atoms with van der Waals surface area (Å²) in [4.78, 5) is 45.2. The molecular weight excluding hydrogens is 667 g/mol. The topological polar surface area (TPSA) is 199 Å². The molecule has 1 aliphatic heterocycles. The van der Waals surface area contributed by atoms with Crippen LogP contribution in [0, 0.1) is 22.7 Å². The second-order valence-corrected chi connectivity index (χ2v) is 15.5. The van der Waals surface area contributed by atoms with Gasteiger partial charge < -0.3 is 39.6 Å². The van der Waals surface area contributed by atoms with Crippen LogP contribution in [0.15, 0.2) is 58.7 Å². The summed E-state index contributed by atoms with van der Waals surface area (Å²) in [6.45, 7) is 1.82. The number of Topliss-reactive ketones (excluding diaryl/α,β-unsaturated/α-hetero) is 1. The number of nitrogens with two attached hydrogens (primary N) is 1. The van der Waals surface area contributed by atoms with Gasteiger partial charge in [-0.15, -0.1) is 0 Å². The van der Waals surface area contributed by atoms with E-state index in [1.54, 1.807) is 31.2 Å². The predicted molar refractivity (Wildman–Crippen MR) is 167 cm³/mol. The van der Waals surface area contributed by atoms with Crippen molar-refractivity contribution in [2.24, 2.45) is 22.7 Å². The Hall–Kier alpha value is -3.07. The largest absolute Gasteiger partial charge is 0.470 e. The second kappa shape index (κ2) is 11.5. The molecule has 3 saturated carbocycles. The van der Waals surface area contributed by atoms with Crippen LogP contribution in [0.25, 0.3) is 0 Å². The van der Waals surface area contributed by atoms with Gasteiger partial charge in [-0.25, -0.2) is 13.3 Å². The predicted octanol–water partition coefficient (Wildman–Crippen LogP) is 3.70. The molecule has 1 saturated heterocycles. The second-order valence-electron chi connectivity index (χ2n) is 14.3. The van der Waals surface area contributed by atoms with Crippen molar-refractivity contribution in [3.05, 3.63) is 76.8 Å². The minimum absolute atomic E-state index is 0.00336. The van der Waals surface area contributed by atoms with E-state index >= 15 is 8.78 Å². The fourth-order valence-electron chi connectivity index (χ4n) is 9.56. The summed E-state index contributed by atoms with van der Waals surface area (Å²) in [5.41, 5.74) is 0.689. The summed E-state index contributed by atoms with van der Waals surface area (Å²) in [7, 11) is -5.11. The lowest BCUT2D eigenvalue weighted by molar-refractivity contribution is -0.235. The molecule has 0 amide bonds. The van der Waals surface area contributed by atoms with Crippen LogP contribution in [0.4, 0.5) is 14.5 Å². The number of furan rings is 1. The molecule has 15 heteroatoms. The maximum absolute atomic E-state index is 17.7. The van der Waals surface area contributed by atoms with Gasteiger partial charge in [0.05, 0.1) is 25.1 Å². The average molecular weight is 706 g/mol. The van der Waals surface area contributed by atoms with Gasteiger partial charge in [-0.3, -0.25) is 14.1 Å². The van der Waals surface area contributed by atoms with Gasteiger partial charge in [0.15, 0.2) is 29.1 Å². The smallest absolute Gasteiger partial charge is 0.469 e. The highest BCUT2D eigenvalue weighted by atomic mass is 31.2. The van der Waals surface area contributed by atoms with E-state index in [1.165, 1.54) is 25.3 Å². The average Bonchev–Trinajstić information content (AvgIpc) is 3.71. The number of carbonyl (C=O) groups excluding carboxylic acids is 2. The highest BCUT2D eigenvalue weighted by Crippen LogP contribution is 2.72. The Balaban J connectivity index is 1.23. The Kier molecular flexibility index (Phi) is 8.05. The number of hydrogen-bond donors (Lipinski definition) is 5. The highest BCUT2D eigenvalue weighted by Gasteiger charge is 2.80. The third-order valence-electron chi connectivity index (χ3n) is 11.9. The van der Waals surface area contributed by atoms with Gasteiger partial charge in [-0.05, 0) is 67.5 Å². The first kappa shape index (κ1) is 34.4. The molecule has 7 rings (SSSR count). The van der Waals surface area contributed by atoms with Gasteiger partial charge in [0.1, 0.15) is 18.5 Å². The number of aliphatic hydroxyl groups is 2. The van der Waals surface area contributed by atoms with Crippen molar-refractivity contribution >= 4 is 25.1 Å². The molecule has 6 N–H and O–H groups in total. The summed E-state index contributed by atoms with van der Waals surface area (Å²) in [6.07, 6.45) is -1.18. The van der Waals surface area contributed by atoms with E-state index in [2.05, 4.69) is 4.52 Å². The maximum atomic E-state index is 17.7. The number of aliphatic hydroxyl groups excluding tert-OH is 2. The van der Waals surface area contributed by atoms with Crippen molar-refractivity contribution in [2.45, 2.75) is 82.1 Å². The van der Waals surface area contributed by atoms with Crippen LogP contribution in [0.5, 0.6) is 0 Å². The Morgan fingerprint density at radius 2 is 1.94 bits per heavy atom. The monoisotopic (exact) mass is 705 g/mol. The quantitative estimate of drug-likeness (QED) is 0.197. The lowest BCUT2D eigenvalue weighted by atomic mass is 9.44. The van der Waals surface area contributed by atoms with Crippen LogP contribution in [0.3, 0.4) is 0 Å². The number of fused-ring (bicyclic) bond motifs is 7. The fourth-order valence-corrected chi connectivity index (χ4v) is 9.85. The molecule has 0 spiro atoms. The maximum Gasteiger partial charge on any atom is 0.470 e. The molecule has 0 unspecified atom stereocenters. The van der Waals surface area contributed by atoms with Crippen molar-refractivity contribution in [1.82, 2.24) is 0 Å². The number of carbonyl (C=O) groups is 2. The van der Waals surface area contributed by atoms with E-state index in [-0.39, 0.29) is 31.4 Å². The van der Waals surface area contributed by atoms with E-state index in [9.17, 15) is 34.2 Å². The number of benzene rings is 1. The number of rotatable bonds is 8. The normalized spacial score (nSPS) is 39.6. The number of halogens is 2. The molecule has 4 fully saturated rings. The SMILES string of the molecule is C[C@]12C=CC(=O)C=C1[C@@H](F)C[C@H]1[C@@H]3C[C@H]4O[C@@H](c5coc(Cc6ccc(CO)c(N)c6)c5)O[C@@]4(C(=O)COP(=O)(O)O)[C@@]3(C)C[C@H](O)[C@@]12F. The van der Waals surface area contributed by atoms with E-state index in [4.69, 9.17) is 19.6 Å². The Bertz CT molecular complexity index is 1820. The Labute approximate surface area is 280 Å². The van der Waals surface area contributed by atoms with Gasteiger partial charge in [-0.2, -0.15) is 0 Å². The first-order chi connectivity index (χ1) is 23.0. The molecule has 4 aliphatic carbocycles. The minimum atomic E-state index is -5.11. The molecule has 2 aromatic rings. The van der Waals surface area contributed by atoms with E-state index in [1.807, 2.05) is 0 Å². The lowest BCUT2D eigenvalue weighted by Crippen LogP contribution is -2.70. The zero-order valence-corrected chi connectivity index (χ0v) is 27.6. The summed E-state index contributed by atoms with van der Waals surface area (Å²) in [5, 5.41) is 21.2. The zero-order valence-electron chi connectivity index (χ0n) is 26.8. The first-order valence-electron chi connectivity index (χ1n) is 16.0. The van der Waals surface area contributed by atoms with Crippen molar-refractivity contribution in [2.75, 3.05) is 12.3 Å². The number of alkyl halides is 2. The van der Waals surface area contributed by atoms with Crippen molar-refractivity contribution in [1.29, 1.82) is 0 Å². The molecule has 5 aliphatic rings. The van der Waals surface area contributed by atoms with Crippen LogP contribution >= 0.6 is 7.82 Å². The van der Waals surface area contributed by atoms with Crippen LogP contribution < -0.4 is 5.73 Å². The molecule has 0 radical (unpaired) electrons. The van der Waals surface area contributed by atoms with Crippen LogP contribution in [-0.4, -0.2) is 67.8 Å². The molecular formula is C34H38F2NO11P. The molecule has 1 aromatic heterocycles. The number of ether oxygens (including phenoxy) is 2. The summed E-state index contributed by atoms with van der Waals surface area (Å²) >= 11 is 0. The van der Waals surface area contributed by atoms with E-state index < -0.39 is 84.6 Å². The number of phosphoric ester groups is 1. The standard InChI is InChI=1S/C34H38F2NO11P/c1-31-6-5-20(39)10-24(31)25(35)11-23-22-12-29-34(28(41)16-46-49(42,43)44,32(22,2)13-27(40)33(23,31)36)48-30(47-29)19-9-21(45-15-19)7-17-3-4-18(14-38)26(37)8-17/h3-6,8-10,15,22-23,25,27,29-30,38,40H,7,11-14,16,37H2,1-2H3,(H2,42,43,44)/t22-,23-,25-,27-,29+,30+,31-,32-,33-,34+/m0/s1. The molecule has 264 valence electrons. The third-order valence-corrected chi connectivity index (χ3v) is 12.3. The number of anilines is 1. The van der Waals surface area contributed by atoms with Crippen LogP contribution in [0.1, 0.15) is 61.9 Å². The number of nitrogen functional groups attached to an aromatic ring is 1. The third kappa shape index (κ3) is 4.98. The number of hydrogen-bond acceptors (Lipinski definition) is 10. The van der Waals surface area contributed by atoms with Crippen molar-refractivity contribution in [3.63, 3.8) is 0 Å². The van der Waals surface area contributed by atoms with Gasteiger partial charge >= 0.3 is 7.82 Å². The van der Waals surface area contributed by atoms with Crippen LogP contribution in [0.2, 0.25) is 0 Å². The van der Waals surface area contributed by atoms with Gasteiger partial charge in [0, 0.05) is 40.0 Å². The zero-order chi connectivity index (χ0) is 35.3. The van der Waals surface area contributed by atoms with Gasteiger partial charge in [-0.1, -0.05) is 25.1 Å². The molecule has 1 aromatic carbocycles. The van der Waals surface area contributed by atoms with Gasteiger partial charge in [0.25, 0.3) is 0 Å². The van der Waals surface area contributed by atoms with Gasteiger partial charge in [0.2, 0.25) is 0 Å². The van der Waals surface area contributed by atoms with Crippen molar-refractivity contribution < 1.29 is 61.3 Å². The first-order valence-corrected chi connectivity index (χ1v) is 17.6. The summed E-state index contributed by atoms with van der Waals surface area (Å²) < 4.78 is 68.5. The molecule has 2 heterocycles. The fraction of sp³-hybridized carbons (Fsp3) is 0.529.